The molecule has 2 heterocycles. The van der Waals surface area contributed by atoms with Gasteiger partial charge < -0.3 is 15.3 Å². The van der Waals surface area contributed by atoms with Crippen molar-refractivity contribution in [2.75, 3.05) is 0 Å². The maximum absolute atomic E-state index is 12.8. The Labute approximate surface area is 145 Å². The van der Waals surface area contributed by atoms with Crippen LogP contribution in [0.1, 0.15) is 27.7 Å². The molecule has 132 valence electrons. The van der Waals surface area contributed by atoms with Crippen LogP contribution in [0.25, 0.3) is 0 Å². The van der Waals surface area contributed by atoms with E-state index in [1.54, 1.807) is 13.0 Å². The molecule has 6 nitrogen and oxygen atoms in total. The molecule has 0 bridgehead atoms. The second kappa shape index (κ2) is 4.51. The minimum absolute atomic E-state index is 0.0851. The van der Waals surface area contributed by atoms with E-state index in [-0.39, 0.29) is 34.3 Å². The van der Waals surface area contributed by atoms with Crippen LogP contribution in [-0.2, 0) is 9.59 Å². The Kier molecular flexibility index (Phi) is 2.94. The highest BCUT2D eigenvalue weighted by Gasteiger charge is 2.64. The summed E-state index contributed by atoms with van der Waals surface area (Å²) >= 11 is 0. The lowest BCUT2D eigenvalue weighted by Crippen LogP contribution is -2.52. The number of rotatable bonds is 0. The number of hydrogen-bond acceptors (Lipinski definition) is 5. The first-order chi connectivity index (χ1) is 11.5. The maximum Gasteiger partial charge on any atom is 0.258 e. The summed E-state index contributed by atoms with van der Waals surface area (Å²) in [5.74, 6) is -1.75. The van der Waals surface area contributed by atoms with Gasteiger partial charge in [0, 0.05) is 17.6 Å². The van der Waals surface area contributed by atoms with Gasteiger partial charge in [-0.1, -0.05) is 18.6 Å². The Bertz CT molecular complexity index is 863. The minimum Gasteiger partial charge on any atom is -0.509 e. The van der Waals surface area contributed by atoms with Crippen LogP contribution in [-0.4, -0.2) is 49.2 Å². The van der Waals surface area contributed by atoms with Crippen molar-refractivity contribution in [1.29, 1.82) is 0 Å². The van der Waals surface area contributed by atoms with E-state index < -0.39 is 29.1 Å². The second-order valence-corrected chi connectivity index (χ2v) is 7.73. The highest BCUT2D eigenvalue weighted by atomic mass is 16.3. The number of hydrogen-bond donors (Lipinski definition) is 3. The Balaban J connectivity index is 2.07. The smallest absolute Gasteiger partial charge is 0.258 e. The largest absolute Gasteiger partial charge is 0.509 e. The molecule has 1 amide bonds. The number of ketones is 1. The fourth-order valence-corrected chi connectivity index (χ4v) is 5.16. The standard InChI is InChI=1S/C19H21NO5/c1-8-7-18(4)16(23)10(3)17(24)20(18)13-6-11(21)5-12-15(22)9(2)14(8)19(12,13)25/h5-7,9,14-15,22-23,25H,1-4H3/t9-,14-,15+,18+,19+/m1/s1. The van der Waals surface area contributed by atoms with Gasteiger partial charge in [0.1, 0.15) is 16.9 Å². The van der Waals surface area contributed by atoms with E-state index in [4.69, 9.17) is 0 Å². The third kappa shape index (κ3) is 1.62. The Morgan fingerprint density at radius 3 is 2.48 bits per heavy atom. The number of aliphatic hydroxyl groups is 3. The predicted octanol–water partition coefficient (Wildman–Crippen LogP) is 1.13. The Hall–Kier alpha value is -2.18. The molecular weight excluding hydrogens is 322 g/mol. The van der Waals surface area contributed by atoms with Crippen molar-refractivity contribution in [3.8, 4) is 0 Å². The van der Waals surface area contributed by atoms with Crippen LogP contribution in [0.3, 0.4) is 0 Å². The molecule has 0 aromatic heterocycles. The normalized spacial score (nSPS) is 42.7. The summed E-state index contributed by atoms with van der Waals surface area (Å²) in [5.41, 5.74) is -1.51. The van der Waals surface area contributed by atoms with Crippen LogP contribution in [0.2, 0.25) is 0 Å². The van der Waals surface area contributed by atoms with Crippen molar-refractivity contribution in [1.82, 2.24) is 4.90 Å². The van der Waals surface area contributed by atoms with E-state index in [9.17, 15) is 24.9 Å². The van der Waals surface area contributed by atoms with Gasteiger partial charge in [-0.2, -0.15) is 0 Å². The van der Waals surface area contributed by atoms with Crippen LogP contribution in [0.15, 0.2) is 46.4 Å². The zero-order chi connectivity index (χ0) is 18.5. The first kappa shape index (κ1) is 16.3. The number of amides is 1. The highest BCUT2D eigenvalue weighted by Crippen LogP contribution is 2.58. The summed E-state index contributed by atoms with van der Waals surface area (Å²) < 4.78 is 0. The van der Waals surface area contributed by atoms with Gasteiger partial charge in [0.25, 0.3) is 5.91 Å². The van der Waals surface area contributed by atoms with Gasteiger partial charge in [0.15, 0.2) is 5.78 Å². The monoisotopic (exact) mass is 343 g/mol. The molecule has 2 aliphatic heterocycles. The van der Waals surface area contributed by atoms with Gasteiger partial charge in [-0.15, -0.1) is 0 Å². The van der Waals surface area contributed by atoms with Crippen LogP contribution in [0, 0.1) is 11.8 Å². The molecule has 4 rings (SSSR count). The van der Waals surface area contributed by atoms with Crippen LogP contribution in [0.5, 0.6) is 0 Å². The van der Waals surface area contributed by atoms with E-state index >= 15 is 0 Å². The fourth-order valence-electron chi connectivity index (χ4n) is 5.16. The molecule has 0 aromatic rings. The number of carbonyl (C=O) groups is 2. The van der Waals surface area contributed by atoms with E-state index in [1.807, 2.05) is 13.8 Å². The molecule has 0 saturated heterocycles. The van der Waals surface area contributed by atoms with Crippen LogP contribution < -0.4 is 0 Å². The maximum atomic E-state index is 12.8. The van der Waals surface area contributed by atoms with Gasteiger partial charge in [-0.05, 0) is 32.8 Å². The molecule has 25 heavy (non-hydrogen) atoms. The number of aliphatic hydroxyl groups excluding tert-OH is 2. The van der Waals surface area contributed by atoms with Crippen molar-refractivity contribution in [2.45, 2.75) is 44.9 Å². The van der Waals surface area contributed by atoms with Crippen LogP contribution >= 0.6 is 0 Å². The summed E-state index contributed by atoms with van der Waals surface area (Å²) in [6.45, 7) is 6.85. The van der Waals surface area contributed by atoms with Crippen molar-refractivity contribution in [3.05, 3.63) is 46.4 Å². The summed E-state index contributed by atoms with van der Waals surface area (Å²) in [6.07, 6.45) is 3.29. The summed E-state index contributed by atoms with van der Waals surface area (Å²) in [5, 5.41) is 32.9. The summed E-state index contributed by atoms with van der Waals surface area (Å²) in [6, 6.07) is 0. The molecule has 0 spiro atoms. The number of carbonyl (C=O) groups excluding carboxylic acids is 2. The average molecular weight is 343 g/mol. The van der Waals surface area contributed by atoms with E-state index in [0.29, 0.717) is 0 Å². The first-order valence-electron chi connectivity index (χ1n) is 8.38. The topological polar surface area (TPSA) is 98.1 Å². The molecule has 1 saturated carbocycles. The van der Waals surface area contributed by atoms with Crippen molar-refractivity contribution >= 4 is 11.7 Å². The number of nitrogens with zero attached hydrogens (tertiary/aromatic N) is 1. The Morgan fingerprint density at radius 2 is 1.84 bits per heavy atom. The summed E-state index contributed by atoms with van der Waals surface area (Å²) in [4.78, 5) is 26.4. The van der Waals surface area contributed by atoms with Gasteiger partial charge >= 0.3 is 0 Å². The minimum atomic E-state index is -1.65. The third-order valence-corrected chi connectivity index (χ3v) is 6.26. The van der Waals surface area contributed by atoms with E-state index in [2.05, 4.69) is 0 Å². The molecule has 0 aromatic carbocycles. The second-order valence-electron chi connectivity index (χ2n) is 7.73. The quantitative estimate of drug-likeness (QED) is 0.573. The average Bonchev–Trinajstić information content (AvgIpc) is 2.78. The lowest BCUT2D eigenvalue weighted by atomic mass is 9.76. The van der Waals surface area contributed by atoms with E-state index in [1.165, 1.54) is 24.0 Å². The van der Waals surface area contributed by atoms with Crippen LogP contribution in [0.4, 0.5) is 0 Å². The SMILES string of the molecule is CC1=C[C@@]2(C)C(O)=C(C)C(=O)N2C2=CC(=O)C=C3[C@@H](O)[C@H](C)[C@@H]1[C@]32O. The molecule has 6 heteroatoms. The van der Waals surface area contributed by atoms with Gasteiger partial charge in [0.2, 0.25) is 0 Å². The molecule has 0 unspecified atom stereocenters. The first-order valence-corrected chi connectivity index (χ1v) is 8.38. The lowest BCUT2D eigenvalue weighted by molar-refractivity contribution is -0.128. The number of fused-ring (bicyclic) bond motifs is 2. The molecule has 1 fully saturated rings. The molecule has 4 aliphatic rings. The third-order valence-electron chi connectivity index (χ3n) is 6.26. The van der Waals surface area contributed by atoms with Gasteiger partial charge in [-0.25, -0.2) is 0 Å². The molecular formula is C19H21NO5. The molecule has 0 radical (unpaired) electrons. The van der Waals surface area contributed by atoms with Crippen molar-refractivity contribution in [3.63, 3.8) is 0 Å². The molecule has 2 aliphatic carbocycles. The van der Waals surface area contributed by atoms with E-state index in [0.717, 1.165) is 5.57 Å². The van der Waals surface area contributed by atoms with Gasteiger partial charge in [0.05, 0.1) is 17.4 Å². The lowest BCUT2D eigenvalue weighted by Gasteiger charge is -2.41. The zero-order valence-corrected chi connectivity index (χ0v) is 14.6. The fraction of sp³-hybridized carbons (Fsp3) is 0.474. The number of allylic oxidation sites excluding steroid dienone is 2. The molecule has 3 N–H and O–H groups in total. The van der Waals surface area contributed by atoms with Gasteiger partial charge in [-0.3, -0.25) is 14.5 Å². The highest BCUT2D eigenvalue weighted by molar-refractivity contribution is 6.05. The Morgan fingerprint density at radius 1 is 1.20 bits per heavy atom. The summed E-state index contributed by atoms with van der Waals surface area (Å²) in [7, 11) is 0. The molecule has 5 atom stereocenters. The predicted molar refractivity (Wildman–Crippen MR) is 89.1 cm³/mol. The van der Waals surface area contributed by atoms with Crippen molar-refractivity contribution in [2.24, 2.45) is 11.8 Å². The van der Waals surface area contributed by atoms with Crippen molar-refractivity contribution < 1.29 is 24.9 Å². The zero-order valence-electron chi connectivity index (χ0n) is 14.6.